The molecule has 0 saturated heterocycles. The standard InChI is InChI=1S/C18H27F3N8.HI/c1-3-16-28-27-13-29(16)11-10-25-17(22-4-2)24-9-5-8-23-15-7-6-14(12-26-15)18(19,20)21;/h6-7,12-13H,3-5,8-11H2,1-2H3,(H,23,26)(H2,22,24,25);1H. The van der Waals surface area contributed by atoms with Crippen LogP contribution in [0.25, 0.3) is 0 Å². The molecule has 0 saturated carbocycles. The predicted molar refractivity (Wildman–Crippen MR) is 121 cm³/mol. The van der Waals surface area contributed by atoms with Crippen molar-refractivity contribution in [1.29, 1.82) is 0 Å². The average Bonchev–Trinajstić information content (AvgIpc) is 3.15. The molecule has 2 aromatic rings. The summed E-state index contributed by atoms with van der Waals surface area (Å²) in [6, 6.07) is 2.34. The second-order valence-corrected chi connectivity index (χ2v) is 6.19. The number of anilines is 1. The van der Waals surface area contributed by atoms with E-state index < -0.39 is 11.7 Å². The van der Waals surface area contributed by atoms with Crippen molar-refractivity contribution in [2.45, 2.75) is 39.4 Å². The van der Waals surface area contributed by atoms with Crippen molar-refractivity contribution in [2.75, 3.05) is 31.5 Å². The lowest BCUT2D eigenvalue weighted by atomic mass is 10.3. The number of nitrogens with zero attached hydrogens (tertiary/aromatic N) is 5. The third-order valence-electron chi connectivity index (χ3n) is 4.00. The lowest BCUT2D eigenvalue weighted by molar-refractivity contribution is -0.137. The van der Waals surface area contributed by atoms with Crippen molar-refractivity contribution in [3.05, 3.63) is 36.0 Å². The molecule has 0 fully saturated rings. The Kier molecular flexibility index (Phi) is 11.4. The highest BCUT2D eigenvalue weighted by atomic mass is 127. The smallest absolute Gasteiger partial charge is 0.370 e. The summed E-state index contributed by atoms with van der Waals surface area (Å²) in [5.41, 5.74) is -0.758. The van der Waals surface area contributed by atoms with Gasteiger partial charge in [0.25, 0.3) is 0 Å². The monoisotopic (exact) mass is 540 g/mol. The summed E-state index contributed by atoms with van der Waals surface area (Å²) in [7, 11) is 0. The SMILES string of the molecule is CCNC(=NCCCNc1ccc(C(F)(F)F)cn1)NCCn1cnnc1CC.I. The zero-order valence-corrected chi connectivity index (χ0v) is 19.4. The molecule has 0 atom stereocenters. The molecular formula is C18H28F3IN8. The van der Waals surface area contributed by atoms with E-state index in [0.29, 0.717) is 37.8 Å². The summed E-state index contributed by atoms with van der Waals surface area (Å²) in [4.78, 5) is 8.28. The molecule has 0 spiro atoms. The highest BCUT2D eigenvalue weighted by Crippen LogP contribution is 2.28. The molecule has 0 aliphatic rings. The first-order valence-corrected chi connectivity index (χ1v) is 9.60. The van der Waals surface area contributed by atoms with E-state index in [4.69, 9.17) is 0 Å². The minimum Gasteiger partial charge on any atom is -0.370 e. The van der Waals surface area contributed by atoms with Crippen molar-refractivity contribution in [2.24, 2.45) is 4.99 Å². The van der Waals surface area contributed by atoms with Gasteiger partial charge in [0.15, 0.2) is 5.96 Å². The van der Waals surface area contributed by atoms with Gasteiger partial charge in [-0.3, -0.25) is 4.99 Å². The van der Waals surface area contributed by atoms with Gasteiger partial charge in [-0.15, -0.1) is 34.2 Å². The van der Waals surface area contributed by atoms with E-state index in [9.17, 15) is 13.2 Å². The number of alkyl halides is 3. The van der Waals surface area contributed by atoms with Gasteiger partial charge in [-0.25, -0.2) is 4.98 Å². The summed E-state index contributed by atoms with van der Waals surface area (Å²) in [6.45, 7) is 7.31. The summed E-state index contributed by atoms with van der Waals surface area (Å²) in [5.74, 6) is 2.07. The minimum atomic E-state index is -4.37. The quantitative estimate of drug-likeness (QED) is 0.186. The van der Waals surface area contributed by atoms with Crippen LogP contribution in [-0.2, 0) is 19.1 Å². The summed E-state index contributed by atoms with van der Waals surface area (Å²) < 4.78 is 39.6. The van der Waals surface area contributed by atoms with Gasteiger partial charge in [0.05, 0.1) is 5.56 Å². The third kappa shape index (κ3) is 8.71. The average molecular weight is 540 g/mol. The first-order chi connectivity index (χ1) is 13.9. The third-order valence-corrected chi connectivity index (χ3v) is 4.00. The van der Waals surface area contributed by atoms with E-state index in [1.165, 1.54) is 6.07 Å². The van der Waals surface area contributed by atoms with Crippen LogP contribution in [-0.4, -0.2) is 51.9 Å². The van der Waals surface area contributed by atoms with Crippen LogP contribution < -0.4 is 16.0 Å². The Labute approximate surface area is 191 Å². The highest BCUT2D eigenvalue weighted by molar-refractivity contribution is 14.0. The number of hydrogen-bond donors (Lipinski definition) is 3. The van der Waals surface area contributed by atoms with Crippen molar-refractivity contribution in [3.63, 3.8) is 0 Å². The molecule has 2 rings (SSSR count). The Morgan fingerprint density at radius 3 is 2.60 bits per heavy atom. The van der Waals surface area contributed by atoms with Gasteiger partial charge in [-0.2, -0.15) is 13.2 Å². The number of aryl methyl sites for hydroxylation is 1. The van der Waals surface area contributed by atoms with Crippen LogP contribution in [0, 0.1) is 0 Å². The Hall–Kier alpha value is -2.12. The molecule has 0 radical (unpaired) electrons. The largest absolute Gasteiger partial charge is 0.417 e. The maximum atomic E-state index is 12.5. The van der Waals surface area contributed by atoms with E-state index >= 15 is 0 Å². The lowest BCUT2D eigenvalue weighted by Crippen LogP contribution is -2.39. The van der Waals surface area contributed by atoms with Crippen molar-refractivity contribution < 1.29 is 13.2 Å². The Morgan fingerprint density at radius 1 is 1.17 bits per heavy atom. The van der Waals surface area contributed by atoms with Crippen LogP contribution in [0.3, 0.4) is 0 Å². The maximum Gasteiger partial charge on any atom is 0.417 e. The second kappa shape index (κ2) is 13.2. The van der Waals surface area contributed by atoms with Gasteiger partial charge >= 0.3 is 6.18 Å². The Bertz CT molecular complexity index is 762. The summed E-state index contributed by atoms with van der Waals surface area (Å²) in [6.07, 6.45) is -0.291. The number of nitrogens with one attached hydrogen (secondary N) is 3. The van der Waals surface area contributed by atoms with E-state index in [0.717, 1.165) is 37.6 Å². The molecule has 0 aliphatic heterocycles. The highest BCUT2D eigenvalue weighted by Gasteiger charge is 2.30. The molecule has 3 N–H and O–H groups in total. The zero-order chi connectivity index (χ0) is 21.1. The fourth-order valence-corrected chi connectivity index (χ4v) is 2.53. The molecule has 2 heterocycles. The molecule has 168 valence electrons. The lowest BCUT2D eigenvalue weighted by Gasteiger charge is -2.12. The van der Waals surface area contributed by atoms with Crippen LogP contribution in [0.2, 0.25) is 0 Å². The summed E-state index contributed by atoms with van der Waals surface area (Å²) in [5, 5.41) is 17.4. The van der Waals surface area contributed by atoms with Crippen molar-refractivity contribution >= 4 is 35.8 Å². The number of aliphatic imine (C=N–C) groups is 1. The van der Waals surface area contributed by atoms with Gasteiger partial charge in [0, 0.05) is 45.3 Å². The molecule has 0 bridgehead atoms. The minimum absolute atomic E-state index is 0. The van der Waals surface area contributed by atoms with Crippen molar-refractivity contribution in [3.8, 4) is 0 Å². The van der Waals surface area contributed by atoms with Crippen LogP contribution >= 0.6 is 24.0 Å². The summed E-state index contributed by atoms with van der Waals surface area (Å²) >= 11 is 0. The number of pyridine rings is 1. The van der Waals surface area contributed by atoms with Crippen LogP contribution in [0.1, 0.15) is 31.7 Å². The van der Waals surface area contributed by atoms with Gasteiger partial charge in [-0.1, -0.05) is 6.92 Å². The normalized spacial score (nSPS) is 11.7. The zero-order valence-electron chi connectivity index (χ0n) is 17.0. The number of halogens is 4. The van der Waals surface area contributed by atoms with Crippen LogP contribution in [0.15, 0.2) is 29.6 Å². The Balaban J connectivity index is 0.00000450. The second-order valence-electron chi connectivity index (χ2n) is 6.19. The fourth-order valence-electron chi connectivity index (χ4n) is 2.53. The van der Waals surface area contributed by atoms with Gasteiger partial charge < -0.3 is 20.5 Å². The topological polar surface area (TPSA) is 92.1 Å². The number of hydrogen-bond acceptors (Lipinski definition) is 5. The number of guanidine groups is 1. The van der Waals surface area contributed by atoms with Gasteiger partial charge in [-0.05, 0) is 25.5 Å². The van der Waals surface area contributed by atoms with Crippen LogP contribution in [0.5, 0.6) is 0 Å². The van der Waals surface area contributed by atoms with E-state index in [2.05, 4.69) is 36.1 Å². The first kappa shape index (κ1) is 25.9. The molecule has 12 heteroatoms. The molecule has 0 aromatic carbocycles. The van der Waals surface area contributed by atoms with Gasteiger partial charge in [0.2, 0.25) is 0 Å². The van der Waals surface area contributed by atoms with Gasteiger partial charge in [0.1, 0.15) is 18.0 Å². The molecule has 8 nitrogen and oxygen atoms in total. The molecule has 2 aromatic heterocycles. The van der Waals surface area contributed by atoms with Crippen molar-refractivity contribution in [1.82, 2.24) is 30.4 Å². The molecule has 30 heavy (non-hydrogen) atoms. The Morgan fingerprint density at radius 2 is 1.97 bits per heavy atom. The van der Waals surface area contributed by atoms with E-state index in [1.807, 2.05) is 18.4 Å². The number of rotatable bonds is 10. The van der Waals surface area contributed by atoms with Crippen LogP contribution in [0.4, 0.5) is 19.0 Å². The molecule has 0 amide bonds. The van der Waals surface area contributed by atoms with E-state index in [1.54, 1.807) is 6.33 Å². The van der Waals surface area contributed by atoms with E-state index in [-0.39, 0.29) is 24.0 Å². The number of aromatic nitrogens is 4. The maximum absolute atomic E-state index is 12.5. The first-order valence-electron chi connectivity index (χ1n) is 9.60. The molecule has 0 aliphatic carbocycles. The predicted octanol–water partition coefficient (Wildman–Crippen LogP) is 2.93. The molecule has 0 unspecified atom stereocenters. The fraction of sp³-hybridized carbons (Fsp3) is 0.556. The molecular weight excluding hydrogens is 512 g/mol.